The summed E-state index contributed by atoms with van der Waals surface area (Å²) in [6.45, 7) is 6.21. The van der Waals surface area contributed by atoms with Crippen LogP contribution in [0.2, 0.25) is 0 Å². The predicted octanol–water partition coefficient (Wildman–Crippen LogP) is 3.96. The summed E-state index contributed by atoms with van der Waals surface area (Å²) in [4.78, 5) is 19.1. The molecule has 25 heavy (non-hydrogen) atoms. The molecule has 1 aromatic carbocycles. The summed E-state index contributed by atoms with van der Waals surface area (Å²) in [5.74, 6) is 1.54. The van der Waals surface area contributed by atoms with E-state index in [0.29, 0.717) is 18.9 Å². The van der Waals surface area contributed by atoms with Gasteiger partial charge in [0, 0.05) is 36.0 Å². The Morgan fingerprint density at radius 3 is 2.80 bits per heavy atom. The summed E-state index contributed by atoms with van der Waals surface area (Å²) in [7, 11) is 0. The first-order valence-corrected chi connectivity index (χ1v) is 10.4. The number of amidine groups is 1. The normalized spacial score (nSPS) is 18.8. The molecule has 1 fully saturated rings. The number of carbonyl (C=O) groups excluding carboxylic acids is 1. The zero-order valence-electron chi connectivity index (χ0n) is 14.7. The van der Waals surface area contributed by atoms with Gasteiger partial charge >= 0.3 is 0 Å². The van der Waals surface area contributed by atoms with Crippen molar-refractivity contribution in [2.24, 2.45) is 4.99 Å². The van der Waals surface area contributed by atoms with E-state index in [-0.39, 0.29) is 18.6 Å². The van der Waals surface area contributed by atoms with Crippen molar-refractivity contribution in [3.05, 3.63) is 28.7 Å². The lowest BCUT2D eigenvalue weighted by atomic mass is 10.2. The quantitative estimate of drug-likeness (QED) is 0.558. The van der Waals surface area contributed by atoms with Crippen molar-refractivity contribution in [3.63, 3.8) is 0 Å². The van der Waals surface area contributed by atoms with Crippen molar-refractivity contribution in [2.45, 2.75) is 32.7 Å². The minimum Gasteiger partial charge on any atom is -0.484 e. The van der Waals surface area contributed by atoms with E-state index in [1.165, 1.54) is 0 Å². The number of ether oxygens (including phenoxy) is 2. The van der Waals surface area contributed by atoms with Gasteiger partial charge in [-0.3, -0.25) is 14.7 Å². The van der Waals surface area contributed by atoms with Gasteiger partial charge in [-0.1, -0.05) is 34.6 Å². The molecule has 138 valence electrons. The Morgan fingerprint density at radius 1 is 1.36 bits per heavy atom. The van der Waals surface area contributed by atoms with Crippen LogP contribution in [0.1, 0.15) is 26.7 Å². The second-order valence-electron chi connectivity index (χ2n) is 5.59. The van der Waals surface area contributed by atoms with Crippen LogP contribution in [0.25, 0.3) is 0 Å². The van der Waals surface area contributed by atoms with Crippen LogP contribution in [0.5, 0.6) is 5.75 Å². The van der Waals surface area contributed by atoms with E-state index in [0.717, 1.165) is 34.8 Å². The number of aliphatic imine (C=N–C) groups is 1. The van der Waals surface area contributed by atoms with Gasteiger partial charge in [-0.05, 0) is 44.0 Å². The molecule has 1 heterocycles. The number of thioether (sulfide) groups is 1. The second-order valence-corrected chi connectivity index (χ2v) is 7.50. The fourth-order valence-corrected chi connectivity index (χ4v) is 4.00. The number of hydrogen-bond acceptors (Lipinski definition) is 5. The molecule has 2 rings (SSSR count). The number of hydrogen-bond donors (Lipinski definition) is 0. The minimum absolute atomic E-state index is 0.0245. The van der Waals surface area contributed by atoms with Crippen LogP contribution in [0, 0.1) is 0 Å². The van der Waals surface area contributed by atoms with Gasteiger partial charge in [-0.15, -0.1) is 0 Å². The average Bonchev–Trinajstić information content (AvgIpc) is 3.04. The van der Waals surface area contributed by atoms with Gasteiger partial charge in [0.15, 0.2) is 11.8 Å². The van der Waals surface area contributed by atoms with Crippen molar-refractivity contribution in [1.82, 2.24) is 4.90 Å². The Bertz CT molecular complexity index is 580. The fraction of sp³-hybridized carbons (Fsp3) is 0.556. The molecule has 0 aliphatic carbocycles. The van der Waals surface area contributed by atoms with E-state index >= 15 is 0 Å². The predicted molar refractivity (Wildman–Crippen MR) is 106 cm³/mol. The lowest BCUT2D eigenvalue weighted by molar-refractivity contribution is -0.130. The monoisotopic (exact) mass is 428 g/mol. The van der Waals surface area contributed by atoms with E-state index in [1.807, 2.05) is 36.1 Å². The van der Waals surface area contributed by atoms with E-state index in [9.17, 15) is 4.79 Å². The van der Waals surface area contributed by atoms with Crippen LogP contribution in [-0.4, -0.2) is 54.1 Å². The Hall–Kier alpha value is -1.05. The lowest BCUT2D eigenvalue weighted by Crippen LogP contribution is -2.41. The summed E-state index contributed by atoms with van der Waals surface area (Å²) in [6, 6.07) is 7.67. The molecular formula is C18H25BrN2O3S. The molecule has 0 spiro atoms. The standard InChI is InChI=1S/C18H25BrN2O3S/c1-3-15-13-25-18(20-10-5-11-23-4-2)21(15)17(22)12-24-16-8-6-14(19)7-9-16/h6-9,15H,3-5,10-13H2,1-2H3. The molecule has 0 aromatic heterocycles. The highest BCUT2D eigenvalue weighted by molar-refractivity contribution is 9.10. The molecule has 1 aliphatic heterocycles. The van der Waals surface area contributed by atoms with Crippen molar-refractivity contribution in [1.29, 1.82) is 0 Å². The van der Waals surface area contributed by atoms with Crippen LogP contribution < -0.4 is 4.74 Å². The lowest BCUT2D eigenvalue weighted by Gasteiger charge is -2.23. The molecule has 1 atom stereocenters. The van der Waals surface area contributed by atoms with Crippen LogP contribution in [0.4, 0.5) is 0 Å². The number of amides is 1. The summed E-state index contributed by atoms with van der Waals surface area (Å²) < 4.78 is 11.9. The van der Waals surface area contributed by atoms with E-state index in [2.05, 4.69) is 27.8 Å². The first-order valence-electron chi connectivity index (χ1n) is 8.61. The summed E-state index contributed by atoms with van der Waals surface area (Å²) >= 11 is 5.04. The molecule has 5 nitrogen and oxygen atoms in total. The summed E-state index contributed by atoms with van der Waals surface area (Å²) in [5, 5.41) is 0.813. The minimum atomic E-state index is -0.0386. The van der Waals surface area contributed by atoms with Gasteiger partial charge < -0.3 is 9.47 Å². The highest BCUT2D eigenvalue weighted by Gasteiger charge is 2.33. The third kappa shape index (κ3) is 6.31. The first kappa shape index (κ1) is 20.3. The molecule has 0 radical (unpaired) electrons. The van der Waals surface area contributed by atoms with Crippen LogP contribution in [-0.2, 0) is 9.53 Å². The largest absolute Gasteiger partial charge is 0.484 e. The van der Waals surface area contributed by atoms with E-state index in [1.54, 1.807) is 11.8 Å². The fourth-order valence-electron chi connectivity index (χ4n) is 2.43. The van der Waals surface area contributed by atoms with Gasteiger partial charge in [0.05, 0.1) is 0 Å². The number of benzene rings is 1. The summed E-state index contributed by atoms with van der Waals surface area (Å²) in [6.07, 6.45) is 1.78. The number of halogens is 1. The van der Waals surface area contributed by atoms with E-state index in [4.69, 9.17) is 9.47 Å². The maximum Gasteiger partial charge on any atom is 0.266 e. The zero-order valence-corrected chi connectivity index (χ0v) is 17.1. The third-order valence-corrected chi connectivity index (χ3v) is 5.45. The van der Waals surface area contributed by atoms with Crippen molar-refractivity contribution in [3.8, 4) is 5.75 Å². The molecule has 1 aliphatic rings. The van der Waals surface area contributed by atoms with Gasteiger partial charge in [0.25, 0.3) is 5.91 Å². The summed E-state index contributed by atoms with van der Waals surface area (Å²) in [5.41, 5.74) is 0. The van der Waals surface area contributed by atoms with E-state index < -0.39 is 0 Å². The average molecular weight is 429 g/mol. The molecule has 1 aromatic rings. The van der Waals surface area contributed by atoms with Crippen molar-refractivity contribution in [2.75, 3.05) is 32.1 Å². The molecular weight excluding hydrogens is 404 g/mol. The Labute approximate surface area is 162 Å². The molecule has 0 bridgehead atoms. The van der Waals surface area contributed by atoms with Crippen LogP contribution in [0.15, 0.2) is 33.7 Å². The second kappa shape index (κ2) is 10.8. The number of nitrogens with zero attached hydrogens (tertiary/aromatic N) is 2. The highest BCUT2D eigenvalue weighted by atomic mass is 79.9. The Kier molecular flexibility index (Phi) is 8.78. The van der Waals surface area contributed by atoms with Crippen LogP contribution >= 0.6 is 27.7 Å². The van der Waals surface area contributed by atoms with Gasteiger partial charge in [0.1, 0.15) is 5.75 Å². The van der Waals surface area contributed by atoms with Crippen LogP contribution in [0.3, 0.4) is 0 Å². The van der Waals surface area contributed by atoms with Gasteiger partial charge in [-0.2, -0.15) is 0 Å². The topological polar surface area (TPSA) is 51.1 Å². The highest BCUT2D eigenvalue weighted by Crippen LogP contribution is 2.26. The Balaban J connectivity index is 1.92. The zero-order chi connectivity index (χ0) is 18.1. The molecule has 0 saturated carbocycles. The number of carbonyl (C=O) groups is 1. The van der Waals surface area contributed by atoms with Crippen molar-refractivity contribution >= 4 is 38.8 Å². The first-order chi connectivity index (χ1) is 12.2. The van der Waals surface area contributed by atoms with Crippen molar-refractivity contribution < 1.29 is 14.3 Å². The molecule has 1 unspecified atom stereocenters. The van der Waals surface area contributed by atoms with Gasteiger partial charge in [-0.25, -0.2) is 0 Å². The Morgan fingerprint density at radius 2 is 2.12 bits per heavy atom. The SMILES string of the molecule is CCOCCCN=C1SCC(CC)N1C(=O)COc1ccc(Br)cc1. The number of rotatable bonds is 9. The van der Waals surface area contributed by atoms with Gasteiger partial charge in [0.2, 0.25) is 0 Å². The molecule has 0 N–H and O–H groups in total. The molecule has 7 heteroatoms. The maximum atomic E-state index is 12.7. The smallest absolute Gasteiger partial charge is 0.266 e. The molecule has 1 amide bonds. The maximum absolute atomic E-state index is 12.7. The third-order valence-electron chi connectivity index (χ3n) is 3.79. The molecule has 1 saturated heterocycles.